The van der Waals surface area contributed by atoms with E-state index in [-0.39, 0.29) is 18.9 Å². The predicted molar refractivity (Wildman–Crippen MR) is 41.6 cm³/mol. The molecule has 2 amide bonds. The van der Waals surface area contributed by atoms with Gasteiger partial charge in [0.05, 0.1) is 12.5 Å². The van der Waals surface area contributed by atoms with Crippen molar-refractivity contribution in [1.82, 2.24) is 10.7 Å². The fourth-order valence-corrected chi connectivity index (χ4v) is 0.607. The lowest BCUT2D eigenvalue weighted by molar-refractivity contribution is -0.124. The van der Waals surface area contributed by atoms with Crippen LogP contribution >= 0.6 is 0 Å². The lowest BCUT2D eigenvalue weighted by Gasteiger charge is -2.08. The molecule has 0 saturated carbocycles. The van der Waals surface area contributed by atoms with Gasteiger partial charge in [-0.3, -0.25) is 15.0 Å². The van der Waals surface area contributed by atoms with Crippen LogP contribution in [-0.4, -0.2) is 29.6 Å². The maximum absolute atomic E-state index is 10.6. The van der Waals surface area contributed by atoms with Gasteiger partial charge in [0.2, 0.25) is 11.8 Å². The van der Waals surface area contributed by atoms with Gasteiger partial charge in [0.15, 0.2) is 0 Å². The second-order valence-electron chi connectivity index (χ2n) is 2.36. The van der Waals surface area contributed by atoms with Crippen LogP contribution in [-0.2, 0) is 9.59 Å². The van der Waals surface area contributed by atoms with E-state index in [9.17, 15) is 9.59 Å². The van der Waals surface area contributed by atoms with Crippen molar-refractivity contribution in [3.8, 4) is 0 Å². The van der Waals surface area contributed by atoms with E-state index >= 15 is 0 Å². The Bertz CT molecular complexity index is 171. The van der Waals surface area contributed by atoms with Crippen LogP contribution in [0.3, 0.4) is 0 Å². The van der Waals surface area contributed by atoms with Crippen LogP contribution < -0.4 is 16.6 Å². The first-order chi connectivity index (χ1) is 5.56. The molecule has 6 heteroatoms. The first-order valence-electron chi connectivity index (χ1n) is 3.48. The van der Waals surface area contributed by atoms with E-state index in [1.165, 1.54) is 6.92 Å². The van der Waals surface area contributed by atoms with Crippen LogP contribution in [0.5, 0.6) is 0 Å². The number of amides is 2. The zero-order chi connectivity index (χ0) is 9.56. The molecular formula is C6H13N3O3. The highest BCUT2D eigenvalue weighted by molar-refractivity contribution is 5.76. The number of carbonyl (C=O) groups excluding carboxylic acids is 2. The van der Waals surface area contributed by atoms with Gasteiger partial charge in [-0.15, -0.1) is 0 Å². The van der Waals surface area contributed by atoms with Gasteiger partial charge in [-0.25, -0.2) is 5.84 Å². The van der Waals surface area contributed by atoms with Crippen molar-refractivity contribution >= 4 is 11.8 Å². The standard InChI is InChI=1S/C6H13N3O3/c1-4(10)8-3-5(11)2-6(12)9-7/h5,11H,2-3,7H2,1H3,(H,8,10)(H,9,12)/t5-/m1/s1. The van der Waals surface area contributed by atoms with Crippen LogP contribution in [0.25, 0.3) is 0 Å². The molecule has 0 aromatic heterocycles. The molecule has 0 radical (unpaired) electrons. The van der Waals surface area contributed by atoms with Crippen molar-refractivity contribution < 1.29 is 14.7 Å². The Labute approximate surface area is 70.1 Å². The number of nitrogens with two attached hydrogens (primary N) is 1. The molecule has 0 spiro atoms. The topological polar surface area (TPSA) is 104 Å². The molecule has 0 aromatic rings. The van der Waals surface area contributed by atoms with Crippen molar-refractivity contribution in [2.75, 3.05) is 6.54 Å². The van der Waals surface area contributed by atoms with Gasteiger partial charge < -0.3 is 10.4 Å². The van der Waals surface area contributed by atoms with Gasteiger partial charge >= 0.3 is 0 Å². The molecule has 70 valence electrons. The summed E-state index contributed by atoms with van der Waals surface area (Å²) >= 11 is 0. The van der Waals surface area contributed by atoms with E-state index in [1.54, 1.807) is 0 Å². The fourth-order valence-electron chi connectivity index (χ4n) is 0.607. The molecule has 12 heavy (non-hydrogen) atoms. The molecule has 0 heterocycles. The largest absolute Gasteiger partial charge is 0.391 e. The molecule has 0 bridgehead atoms. The molecule has 5 N–H and O–H groups in total. The number of rotatable bonds is 4. The summed E-state index contributed by atoms with van der Waals surface area (Å²) in [6.07, 6.45) is -1.01. The SMILES string of the molecule is CC(=O)NC[C@H](O)CC(=O)NN. The van der Waals surface area contributed by atoms with Crippen molar-refractivity contribution in [3.63, 3.8) is 0 Å². The Morgan fingerprint density at radius 2 is 2.17 bits per heavy atom. The quantitative estimate of drug-likeness (QED) is 0.222. The van der Waals surface area contributed by atoms with Crippen molar-refractivity contribution in [3.05, 3.63) is 0 Å². The number of carbonyl (C=O) groups is 2. The summed E-state index contributed by atoms with van der Waals surface area (Å²) in [5.41, 5.74) is 1.87. The van der Waals surface area contributed by atoms with Crippen LogP contribution in [0.2, 0.25) is 0 Å². The maximum atomic E-state index is 10.6. The monoisotopic (exact) mass is 175 g/mol. The maximum Gasteiger partial charge on any atom is 0.236 e. The van der Waals surface area contributed by atoms with Crippen molar-refractivity contribution in [2.45, 2.75) is 19.4 Å². The zero-order valence-electron chi connectivity index (χ0n) is 6.83. The molecule has 0 unspecified atom stereocenters. The average molecular weight is 175 g/mol. The van der Waals surface area contributed by atoms with Crippen molar-refractivity contribution in [1.29, 1.82) is 0 Å². The molecule has 0 aliphatic rings. The van der Waals surface area contributed by atoms with Crippen molar-refractivity contribution in [2.24, 2.45) is 5.84 Å². The van der Waals surface area contributed by atoms with E-state index in [0.29, 0.717) is 0 Å². The Hall–Kier alpha value is -1.14. The Morgan fingerprint density at radius 3 is 2.58 bits per heavy atom. The van der Waals surface area contributed by atoms with Gasteiger partial charge in [0.25, 0.3) is 0 Å². The van der Waals surface area contributed by atoms with Gasteiger partial charge in [-0.05, 0) is 0 Å². The number of hydrogen-bond acceptors (Lipinski definition) is 4. The van der Waals surface area contributed by atoms with Gasteiger partial charge in [-0.2, -0.15) is 0 Å². The Balaban J connectivity index is 3.52. The van der Waals surface area contributed by atoms with E-state index in [4.69, 9.17) is 10.9 Å². The number of nitrogens with one attached hydrogen (secondary N) is 2. The minimum Gasteiger partial charge on any atom is -0.391 e. The van der Waals surface area contributed by atoms with E-state index < -0.39 is 12.0 Å². The third-order valence-corrected chi connectivity index (χ3v) is 1.17. The number of hydrogen-bond donors (Lipinski definition) is 4. The first kappa shape index (κ1) is 10.9. The lowest BCUT2D eigenvalue weighted by atomic mass is 10.2. The second-order valence-corrected chi connectivity index (χ2v) is 2.36. The molecular weight excluding hydrogens is 162 g/mol. The minimum atomic E-state index is -0.891. The van der Waals surface area contributed by atoms with E-state index in [0.717, 1.165) is 0 Å². The van der Waals surface area contributed by atoms with Crippen LogP contribution in [0, 0.1) is 0 Å². The van der Waals surface area contributed by atoms with Gasteiger partial charge in [0.1, 0.15) is 0 Å². The number of aliphatic hydroxyl groups excluding tert-OH is 1. The molecule has 0 aliphatic heterocycles. The molecule has 0 rings (SSSR count). The first-order valence-corrected chi connectivity index (χ1v) is 3.48. The highest BCUT2D eigenvalue weighted by Gasteiger charge is 2.09. The van der Waals surface area contributed by atoms with Gasteiger partial charge in [-0.1, -0.05) is 0 Å². The summed E-state index contributed by atoms with van der Waals surface area (Å²) in [5, 5.41) is 11.4. The third-order valence-electron chi connectivity index (χ3n) is 1.17. The number of aliphatic hydroxyl groups is 1. The fraction of sp³-hybridized carbons (Fsp3) is 0.667. The minimum absolute atomic E-state index is 0.0583. The lowest BCUT2D eigenvalue weighted by Crippen LogP contribution is -2.37. The second kappa shape index (κ2) is 5.50. The summed E-state index contributed by atoms with van der Waals surface area (Å²) in [7, 11) is 0. The van der Waals surface area contributed by atoms with E-state index in [2.05, 4.69) is 5.32 Å². The summed E-state index contributed by atoms with van der Waals surface area (Å²) in [6, 6.07) is 0. The van der Waals surface area contributed by atoms with Gasteiger partial charge in [0, 0.05) is 13.5 Å². The Morgan fingerprint density at radius 1 is 1.58 bits per heavy atom. The predicted octanol–water partition coefficient (Wildman–Crippen LogP) is -2.14. The van der Waals surface area contributed by atoms with Crippen LogP contribution in [0.15, 0.2) is 0 Å². The summed E-state index contributed by atoms with van der Waals surface area (Å²) < 4.78 is 0. The van der Waals surface area contributed by atoms with Crippen LogP contribution in [0.1, 0.15) is 13.3 Å². The molecule has 0 aliphatic carbocycles. The molecule has 0 saturated heterocycles. The average Bonchev–Trinajstić information content (AvgIpc) is 2.00. The zero-order valence-corrected chi connectivity index (χ0v) is 6.83. The smallest absolute Gasteiger partial charge is 0.236 e. The Kier molecular flexibility index (Phi) is 4.98. The highest BCUT2D eigenvalue weighted by Crippen LogP contribution is 1.88. The molecule has 0 aromatic carbocycles. The highest BCUT2D eigenvalue weighted by atomic mass is 16.3. The molecule has 6 nitrogen and oxygen atoms in total. The summed E-state index contributed by atoms with van der Waals surface area (Å²) in [4.78, 5) is 20.9. The molecule has 0 fully saturated rings. The summed E-state index contributed by atoms with van der Waals surface area (Å²) in [5.74, 6) is 4.07. The molecule has 1 atom stereocenters. The normalized spacial score (nSPS) is 11.9. The number of hydrazine groups is 1. The third kappa shape index (κ3) is 5.63. The summed E-state index contributed by atoms with van der Waals surface area (Å²) in [6.45, 7) is 1.39. The van der Waals surface area contributed by atoms with E-state index in [1.807, 2.05) is 5.43 Å². The van der Waals surface area contributed by atoms with Crippen LogP contribution in [0.4, 0.5) is 0 Å².